The van der Waals surface area contributed by atoms with Gasteiger partial charge in [-0.3, -0.25) is 9.59 Å². The fourth-order valence-electron chi connectivity index (χ4n) is 2.92. The van der Waals surface area contributed by atoms with Gasteiger partial charge < -0.3 is 10.2 Å². The van der Waals surface area contributed by atoms with Crippen LogP contribution in [0.15, 0.2) is 24.3 Å². The first kappa shape index (κ1) is 17.5. The van der Waals surface area contributed by atoms with Crippen molar-refractivity contribution in [2.24, 2.45) is 5.92 Å². The highest BCUT2D eigenvalue weighted by Gasteiger charge is 2.37. The lowest BCUT2D eigenvalue weighted by atomic mass is 9.85. The van der Waals surface area contributed by atoms with Crippen LogP contribution in [0.1, 0.15) is 53.0 Å². The van der Waals surface area contributed by atoms with Crippen molar-refractivity contribution in [2.45, 2.75) is 58.9 Å². The van der Waals surface area contributed by atoms with Gasteiger partial charge in [-0.25, -0.2) is 0 Å². The minimum atomic E-state index is -0.260. The van der Waals surface area contributed by atoms with Gasteiger partial charge in [0.15, 0.2) is 0 Å². The second-order valence-electron chi connectivity index (χ2n) is 7.49. The van der Waals surface area contributed by atoms with E-state index in [2.05, 4.69) is 32.2 Å². The fraction of sp³-hybridized carbons (Fsp3) is 0.579. The Morgan fingerprint density at radius 1 is 1.35 bits per heavy atom. The first-order valence-electron chi connectivity index (χ1n) is 8.44. The molecule has 0 radical (unpaired) electrons. The van der Waals surface area contributed by atoms with Crippen LogP contribution in [0.4, 0.5) is 5.69 Å². The van der Waals surface area contributed by atoms with E-state index in [0.717, 1.165) is 17.7 Å². The van der Waals surface area contributed by atoms with Crippen LogP contribution in [0, 0.1) is 5.92 Å². The third-order valence-corrected chi connectivity index (χ3v) is 4.50. The van der Waals surface area contributed by atoms with Gasteiger partial charge in [-0.15, -0.1) is 0 Å². The average Bonchev–Trinajstić information content (AvgIpc) is 2.88. The molecule has 0 aromatic heterocycles. The van der Waals surface area contributed by atoms with Crippen LogP contribution in [0.2, 0.25) is 0 Å². The molecule has 2 amide bonds. The molecule has 1 aliphatic rings. The molecule has 0 bridgehead atoms. The number of amides is 2. The molecule has 2 unspecified atom stereocenters. The molecule has 4 heteroatoms. The van der Waals surface area contributed by atoms with Crippen molar-refractivity contribution < 1.29 is 9.59 Å². The molecular weight excluding hydrogens is 288 g/mol. The molecule has 23 heavy (non-hydrogen) atoms. The molecule has 0 aliphatic carbocycles. The van der Waals surface area contributed by atoms with Gasteiger partial charge in [0.2, 0.25) is 11.8 Å². The van der Waals surface area contributed by atoms with Gasteiger partial charge in [0.25, 0.3) is 0 Å². The zero-order valence-electron chi connectivity index (χ0n) is 14.8. The third-order valence-electron chi connectivity index (χ3n) is 4.50. The predicted molar refractivity (Wildman–Crippen MR) is 93.5 cm³/mol. The number of anilines is 1. The molecule has 1 aromatic carbocycles. The number of nitrogens with one attached hydrogen (secondary N) is 1. The number of benzene rings is 1. The van der Waals surface area contributed by atoms with Gasteiger partial charge >= 0.3 is 0 Å². The molecule has 1 fully saturated rings. The molecule has 1 heterocycles. The van der Waals surface area contributed by atoms with Crippen LogP contribution in [0.3, 0.4) is 0 Å². The monoisotopic (exact) mass is 316 g/mol. The van der Waals surface area contributed by atoms with Gasteiger partial charge in [0, 0.05) is 24.7 Å². The summed E-state index contributed by atoms with van der Waals surface area (Å²) in [4.78, 5) is 26.6. The second-order valence-corrected chi connectivity index (χ2v) is 7.49. The Labute approximate surface area is 139 Å². The summed E-state index contributed by atoms with van der Waals surface area (Å²) in [5.41, 5.74) is 2.02. The Balaban J connectivity index is 2.20. The largest absolute Gasteiger partial charge is 0.353 e. The molecule has 0 saturated carbocycles. The van der Waals surface area contributed by atoms with Gasteiger partial charge in [-0.2, -0.15) is 0 Å². The van der Waals surface area contributed by atoms with E-state index in [0.29, 0.717) is 13.0 Å². The molecule has 2 atom stereocenters. The van der Waals surface area contributed by atoms with Gasteiger partial charge in [0.1, 0.15) is 0 Å². The number of carbonyl (C=O) groups is 2. The molecule has 1 aromatic rings. The van der Waals surface area contributed by atoms with E-state index in [1.54, 1.807) is 4.90 Å². The smallest absolute Gasteiger partial charge is 0.227 e. The fourth-order valence-corrected chi connectivity index (χ4v) is 2.92. The van der Waals surface area contributed by atoms with Crippen molar-refractivity contribution in [2.75, 3.05) is 11.4 Å². The number of hydrogen-bond acceptors (Lipinski definition) is 2. The first-order chi connectivity index (χ1) is 10.7. The number of nitrogens with zero attached hydrogens (tertiary/aromatic N) is 1. The number of para-hydroxylation sites is 1. The summed E-state index contributed by atoms with van der Waals surface area (Å²) in [5, 5.41) is 2.99. The Bertz CT molecular complexity index is 589. The van der Waals surface area contributed by atoms with Crippen molar-refractivity contribution in [1.82, 2.24) is 5.32 Å². The number of hydrogen-bond donors (Lipinski definition) is 1. The van der Waals surface area contributed by atoms with Gasteiger partial charge in [0.05, 0.1) is 5.92 Å². The van der Waals surface area contributed by atoms with Gasteiger partial charge in [-0.1, -0.05) is 45.9 Å². The highest BCUT2D eigenvalue weighted by molar-refractivity contribution is 6.01. The first-order valence-corrected chi connectivity index (χ1v) is 8.44. The molecule has 0 spiro atoms. The van der Waals surface area contributed by atoms with Crippen molar-refractivity contribution >= 4 is 17.5 Å². The summed E-state index contributed by atoms with van der Waals surface area (Å²) >= 11 is 0. The predicted octanol–water partition coefficient (Wildman–Crippen LogP) is 3.25. The quantitative estimate of drug-likeness (QED) is 0.927. The zero-order valence-corrected chi connectivity index (χ0v) is 14.8. The van der Waals surface area contributed by atoms with E-state index in [9.17, 15) is 9.59 Å². The lowest BCUT2D eigenvalue weighted by molar-refractivity contribution is -0.126. The number of carbonyl (C=O) groups excluding carboxylic acids is 2. The minimum Gasteiger partial charge on any atom is -0.353 e. The Kier molecular flexibility index (Phi) is 5.12. The summed E-state index contributed by atoms with van der Waals surface area (Å²) in [5.74, 6) is -0.237. The van der Waals surface area contributed by atoms with Crippen LogP contribution in [0.5, 0.6) is 0 Å². The van der Waals surface area contributed by atoms with Gasteiger partial charge in [-0.05, 0) is 30.4 Å². The average molecular weight is 316 g/mol. The maximum atomic E-state index is 12.5. The van der Waals surface area contributed by atoms with E-state index in [-0.39, 0.29) is 29.2 Å². The minimum absolute atomic E-state index is 0.0107. The summed E-state index contributed by atoms with van der Waals surface area (Å²) < 4.78 is 0. The van der Waals surface area contributed by atoms with Crippen LogP contribution in [-0.4, -0.2) is 24.4 Å². The lowest BCUT2D eigenvalue weighted by Gasteiger charge is -2.27. The highest BCUT2D eigenvalue weighted by Crippen LogP contribution is 2.35. The van der Waals surface area contributed by atoms with Crippen molar-refractivity contribution in [3.63, 3.8) is 0 Å². The molecular formula is C19H28N2O2. The normalized spacial score (nSPS) is 19.8. The molecule has 126 valence electrons. The summed E-state index contributed by atoms with van der Waals surface area (Å²) in [7, 11) is 0. The summed E-state index contributed by atoms with van der Waals surface area (Å²) in [6.45, 7) is 10.9. The van der Waals surface area contributed by atoms with Crippen molar-refractivity contribution in [3.8, 4) is 0 Å². The standard InChI is InChI=1S/C19H28N2O2/c1-6-13(2)20-18(23)14-11-17(22)21(12-14)16-10-8-7-9-15(16)19(3,4)5/h7-10,13-14H,6,11-12H2,1-5H3,(H,20,23). The second kappa shape index (κ2) is 6.73. The van der Waals surface area contributed by atoms with Crippen molar-refractivity contribution in [1.29, 1.82) is 0 Å². The van der Waals surface area contributed by atoms with E-state index in [4.69, 9.17) is 0 Å². The molecule has 1 saturated heterocycles. The highest BCUT2D eigenvalue weighted by atomic mass is 16.2. The molecule has 1 aliphatic heterocycles. The summed E-state index contributed by atoms with van der Waals surface area (Å²) in [6.07, 6.45) is 1.18. The number of rotatable bonds is 4. The van der Waals surface area contributed by atoms with Crippen LogP contribution in [0.25, 0.3) is 0 Å². The molecule has 2 rings (SSSR count). The maximum Gasteiger partial charge on any atom is 0.227 e. The summed E-state index contributed by atoms with van der Waals surface area (Å²) in [6, 6.07) is 8.14. The van der Waals surface area contributed by atoms with Crippen molar-refractivity contribution in [3.05, 3.63) is 29.8 Å². The third kappa shape index (κ3) is 3.92. The van der Waals surface area contributed by atoms with Crippen LogP contribution in [-0.2, 0) is 15.0 Å². The Hall–Kier alpha value is -1.84. The Morgan fingerprint density at radius 3 is 2.61 bits per heavy atom. The molecule has 1 N–H and O–H groups in total. The molecule has 4 nitrogen and oxygen atoms in total. The van der Waals surface area contributed by atoms with Crippen LogP contribution < -0.4 is 10.2 Å². The van der Waals surface area contributed by atoms with Crippen LogP contribution >= 0.6 is 0 Å². The SMILES string of the molecule is CCC(C)NC(=O)C1CC(=O)N(c2ccccc2C(C)(C)C)C1. The van der Waals surface area contributed by atoms with E-state index in [1.807, 2.05) is 32.0 Å². The topological polar surface area (TPSA) is 49.4 Å². The lowest BCUT2D eigenvalue weighted by Crippen LogP contribution is -2.38. The zero-order chi connectivity index (χ0) is 17.2. The van der Waals surface area contributed by atoms with E-state index in [1.165, 1.54) is 0 Å². The maximum absolute atomic E-state index is 12.5. The van der Waals surface area contributed by atoms with E-state index >= 15 is 0 Å². The van der Waals surface area contributed by atoms with E-state index < -0.39 is 0 Å². The Morgan fingerprint density at radius 2 is 2.00 bits per heavy atom.